The third-order valence-electron chi connectivity index (χ3n) is 2.90. The number of aryl methyl sites for hydroxylation is 1. The molecular weight excluding hydrogens is 278 g/mol. The van der Waals surface area contributed by atoms with Crippen LogP contribution in [0.4, 0.5) is 5.69 Å². The maximum Gasteiger partial charge on any atom is 0.287 e. The molecule has 0 unspecified atom stereocenters. The average Bonchev–Trinajstić information content (AvgIpc) is 2.46. The summed E-state index contributed by atoms with van der Waals surface area (Å²) in [6, 6.07) is 8.02. The van der Waals surface area contributed by atoms with E-state index in [9.17, 15) is 4.79 Å². The normalized spacial score (nSPS) is 10.6. The molecule has 0 aliphatic heterocycles. The van der Waals surface area contributed by atoms with E-state index in [2.05, 4.69) is 10.4 Å². The molecule has 0 aliphatic rings. The second-order valence-electron chi connectivity index (χ2n) is 4.40. The molecule has 20 heavy (non-hydrogen) atoms. The maximum absolute atomic E-state index is 11.6. The summed E-state index contributed by atoms with van der Waals surface area (Å²) in [6.45, 7) is 1.17. The zero-order valence-corrected chi connectivity index (χ0v) is 12.1. The van der Waals surface area contributed by atoms with Crippen molar-refractivity contribution in [2.24, 2.45) is 7.05 Å². The molecule has 0 saturated carbocycles. The minimum absolute atomic E-state index is 0.151. The highest BCUT2D eigenvalue weighted by molar-refractivity contribution is 6.32. The number of ether oxygens (including phenoxy) is 1. The third kappa shape index (κ3) is 3.37. The highest BCUT2D eigenvalue weighted by Gasteiger charge is 2.06. The SMILES string of the molecule is COCc1ccc(CNc2cnn(C)c(=O)c2Cl)cc1. The first-order chi connectivity index (χ1) is 9.61. The molecule has 1 aromatic carbocycles. The summed E-state index contributed by atoms with van der Waals surface area (Å²) in [7, 11) is 3.23. The first-order valence-corrected chi connectivity index (χ1v) is 6.52. The van der Waals surface area contributed by atoms with E-state index in [1.165, 1.54) is 4.68 Å². The lowest BCUT2D eigenvalue weighted by molar-refractivity contribution is 0.185. The van der Waals surface area contributed by atoms with Crippen LogP contribution in [0.2, 0.25) is 5.02 Å². The lowest BCUT2D eigenvalue weighted by atomic mass is 10.1. The van der Waals surface area contributed by atoms with Gasteiger partial charge >= 0.3 is 0 Å². The Morgan fingerprint density at radius 1 is 1.30 bits per heavy atom. The molecule has 0 radical (unpaired) electrons. The summed E-state index contributed by atoms with van der Waals surface area (Å²) in [6.07, 6.45) is 1.54. The molecule has 0 aliphatic carbocycles. The molecule has 0 atom stereocenters. The van der Waals surface area contributed by atoms with E-state index >= 15 is 0 Å². The molecule has 0 saturated heterocycles. The Bertz CT molecular complexity index is 638. The van der Waals surface area contributed by atoms with Crippen LogP contribution in [0.3, 0.4) is 0 Å². The Balaban J connectivity index is 2.05. The quantitative estimate of drug-likeness (QED) is 0.918. The van der Waals surface area contributed by atoms with E-state index in [1.807, 2.05) is 24.3 Å². The van der Waals surface area contributed by atoms with Gasteiger partial charge in [0.2, 0.25) is 0 Å². The van der Waals surface area contributed by atoms with E-state index in [0.29, 0.717) is 18.8 Å². The highest BCUT2D eigenvalue weighted by Crippen LogP contribution is 2.16. The minimum atomic E-state index is -0.313. The van der Waals surface area contributed by atoms with Gasteiger partial charge in [-0.05, 0) is 11.1 Å². The van der Waals surface area contributed by atoms with Crippen LogP contribution in [0.1, 0.15) is 11.1 Å². The van der Waals surface area contributed by atoms with Crippen LogP contribution in [0.5, 0.6) is 0 Å². The lowest BCUT2D eigenvalue weighted by Gasteiger charge is -2.09. The fourth-order valence-corrected chi connectivity index (χ4v) is 1.99. The molecular formula is C14H16ClN3O2. The number of halogens is 1. The maximum atomic E-state index is 11.6. The van der Waals surface area contributed by atoms with Crippen molar-refractivity contribution < 1.29 is 4.74 Å². The van der Waals surface area contributed by atoms with Gasteiger partial charge in [-0.2, -0.15) is 5.10 Å². The van der Waals surface area contributed by atoms with E-state index in [0.717, 1.165) is 11.1 Å². The van der Waals surface area contributed by atoms with Crippen molar-refractivity contribution in [3.05, 3.63) is 57.0 Å². The van der Waals surface area contributed by atoms with Gasteiger partial charge in [0.05, 0.1) is 18.5 Å². The fraction of sp³-hybridized carbons (Fsp3) is 0.286. The lowest BCUT2D eigenvalue weighted by Crippen LogP contribution is -2.21. The van der Waals surface area contributed by atoms with Crippen LogP contribution >= 0.6 is 11.6 Å². The largest absolute Gasteiger partial charge is 0.380 e. The molecule has 0 amide bonds. The number of rotatable bonds is 5. The number of methoxy groups -OCH3 is 1. The molecule has 6 heteroatoms. The van der Waals surface area contributed by atoms with Crippen LogP contribution in [-0.2, 0) is 24.9 Å². The van der Waals surface area contributed by atoms with Gasteiger partial charge in [0.25, 0.3) is 5.56 Å². The number of benzene rings is 1. The number of anilines is 1. The number of nitrogens with one attached hydrogen (secondary N) is 1. The minimum Gasteiger partial charge on any atom is -0.380 e. The van der Waals surface area contributed by atoms with Crippen LogP contribution in [-0.4, -0.2) is 16.9 Å². The van der Waals surface area contributed by atoms with Crippen molar-refractivity contribution in [3.8, 4) is 0 Å². The monoisotopic (exact) mass is 293 g/mol. The van der Waals surface area contributed by atoms with Gasteiger partial charge in [-0.3, -0.25) is 4.79 Å². The number of hydrogen-bond acceptors (Lipinski definition) is 4. The predicted octanol–water partition coefficient (Wildman–Crippen LogP) is 2.19. The summed E-state index contributed by atoms with van der Waals surface area (Å²) in [4.78, 5) is 11.6. The summed E-state index contributed by atoms with van der Waals surface area (Å²) < 4.78 is 6.26. The molecule has 0 fully saturated rings. The van der Waals surface area contributed by atoms with E-state index < -0.39 is 0 Å². The topological polar surface area (TPSA) is 56.1 Å². The van der Waals surface area contributed by atoms with Gasteiger partial charge in [0, 0.05) is 20.7 Å². The molecule has 2 rings (SSSR count). The Labute approximate surface area is 122 Å². The van der Waals surface area contributed by atoms with Gasteiger partial charge in [0.15, 0.2) is 0 Å². The van der Waals surface area contributed by atoms with Crippen LogP contribution in [0, 0.1) is 0 Å². The van der Waals surface area contributed by atoms with Crippen LogP contribution in [0.25, 0.3) is 0 Å². The van der Waals surface area contributed by atoms with Crippen molar-refractivity contribution in [2.45, 2.75) is 13.2 Å². The molecule has 1 aromatic heterocycles. The first kappa shape index (κ1) is 14.6. The Morgan fingerprint density at radius 2 is 1.95 bits per heavy atom. The fourth-order valence-electron chi connectivity index (χ4n) is 1.75. The summed E-state index contributed by atoms with van der Waals surface area (Å²) in [5.41, 5.74) is 2.42. The number of hydrogen-bond donors (Lipinski definition) is 1. The van der Waals surface area contributed by atoms with Crippen molar-refractivity contribution >= 4 is 17.3 Å². The molecule has 2 aromatic rings. The van der Waals surface area contributed by atoms with Gasteiger partial charge in [-0.1, -0.05) is 35.9 Å². The zero-order valence-electron chi connectivity index (χ0n) is 11.4. The average molecular weight is 294 g/mol. The van der Waals surface area contributed by atoms with E-state index in [-0.39, 0.29) is 10.6 Å². The molecule has 1 N–H and O–H groups in total. The number of nitrogens with zero attached hydrogens (tertiary/aromatic N) is 2. The van der Waals surface area contributed by atoms with E-state index in [4.69, 9.17) is 16.3 Å². The molecule has 5 nitrogen and oxygen atoms in total. The third-order valence-corrected chi connectivity index (χ3v) is 3.26. The van der Waals surface area contributed by atoms with Crippen molar-refractivity contribution in [1.29, 1.82) is 0 Å². The molecule has 0 bridgehead atoms. The second-order valence-corrected chi connectivity index (χ2v) is 4.78. The molecule has 106 valence electrons. The molecule has 0 spiro atoms. The van der Waals surface area contributed by atoms with Gasteiger partial charge < -0.3 is 10.1 Å². The van der Waals surface area contributed by atoms with Gasteiger partial charge in [0.1, 0.15) is 5.02 Å². The Morgan fingerprint density at radius 3 is 2.60 bits per heavy atom. The highest BCUT2D eigenvalue weighted by atomic mass is 35.5. The van der Waals surface area contributed by atoms with E-state index in [1.54, 1.807) is 20.4 Å². The Hall–Kier alpha value is -1.85. The smallest absolute Gasteiger partial charge is 0.287 e. The van der Waals surface area contributed by atoms with Gasteiger partial charge in [-0.15, -0.1) is 0 Å². The van der Waals surface area contributed by atoms with Crippen molar-refractivity contribution in [3.63, 3.8) is 0 Å². The zero-order chi connectivity index (χ0) is 14.5. The van der Waals surface area contributed by atoms with Gasteiger partial charge in [-0.25, -0.2) is 4.68 Å². The first-order valence-electron chi connectivity index (χ1n) is 6.14. The predicted molar refractivity (Wildman–Crippen MR) is 79.0 cm³/mol. The van der Waals surface area contributed by atoms with Crippen LogP contribution < -0.4 is 10.9 Å². The Kier molecular flexibility index (Phi) is 4.76. The van der Waals surface area contributed by atoms with Crippen molar-refractivity contribution in [1.82, 2.24) is 9.78 Å². The summed E-state index contributed by atoms with van der Waals surface area (Å²) >= 11 is 5.98. The second kappa shape index (κ2) is 6.54. The van der Waals surface area contributed by atoms with Crippen molar-refractivity contribution in [2.75, 3.05) is 12.4 Å². The molecule has 1 heterocycles. The summed E-state index contributed by atoms with van der Waals surface area (Å²) in [5.74, 6) is 0. The summed E-state index contributed by atoms with van der Waals surface area (Å²) in [5, 5.41) is 7.19. The standard InChI is InChI=1S/C14H16ClN3O2/c1-18-14(19)13(15)12(8-17-18)16-7-10-3-5-11(6-4-10)9-20-2/h3-6,8,16H,7,9H2,1-2H3. The van der Waals surface area contributed by atoms with Crippen LogP contribution in [0.15, 0.2) is 35.3 Å². The number of aromatic nitrogens is 2.